The van der Waals surface area contributed by atoms with E-state index < -0.39 is 28.5 Å². The zero-order chi connectivity index (χ0) is 28.9. The van der Waals surface area contributed by atoms with Crippen LogP contribution in [0.4, 0.5) is 5.69 Å². The highest BCUT2D eigenvalue weighted by atomic mass is 79.9. The Balaban J connectivity index is 2.07. The van der Waals surface area contributed by atoms with Gasteiger partial charge in [-0.1, -0.05) is 69.0 Å². The molecular weight excluding hydrogens is 625 g/mol. The van der Waals surface area contributed by atoms with Crippen molar-refractivity contribution in [3.05, 3.63) is 92.4 Å². The first kappa shape index (κ1) is 30.9. The molecule has 2 amide bonds. The summed E-state index contributed by atoms with van der Waals surface area (Å²) in [6.07, 6.45) is 0. The van der Waals surface area contributed by atoms with Crippen molar-refractivity contribution in [2.24, 2.45) is 0 Å². The van der Waals surface area contributed by atoms with E-state index in [-0.39, 0.29) is 39.1 Å². The molecule has 11 heteroatoms. The maximum atomic E-state index is 13.9. The monoisotopic (exact) mass is 653 g/mol. The van der Waals surface area contributed by atoms with Crippen LogP contribution in [-0.2, 0) is 26.2 Å². The van der Waals surface area contributed by atoms with Crippen LogP contribution in [0, 0.1) is 6.92 Å². The maximum Gasteiger partial charge on any atom is 0.264 e. The quantitative estimate of drug-likeness (QED) is 0.282. The van der Waals surface area contributed by atoms with Gasteiger partial charge in [0.1, 0.15) is 12.6 Å². The molecule has 3 rings (SSSR count). The van der Waals surface area contributed by atoms with Gasteiger partial charge in [0.05, 0.1) is 10.6 Å². The van der Waals surface area contributed by atoms with Gasteiger partial charge < -0.3 is 10.2 Å². The Hall–Kier alpha value is -2.59. The number of anilines is 1. The van der Waals surface area contributed by atoms with Crippen molar-refractivity contribution in [2.75, 3.05) is 10.8 Å². The molecule has 0 saturated carbocycles. The van der Waals surface area contributed by atoms with Gasteiger partial charge in [-0.2, -0.15) is 0 Å². The van der Waals surface area contributed by atoms with Gasteiger partial charge in [0.15, 0.2) is 0 Å². The molecule has 39 heavy (non-hydrogen) atoms. The molecule has 0 aliphatic heterocycles. The molecule has 0 aliphatic rings. The van der Waals surface area contributed by atoms with Crippen molar-refractivity contribution in [2.45, 2.75) is 51.2 Å². The predicted octanol–water partition coefficient (Wildman–Crippen LogP) is 6.20. The molecule has 0 saturated heterocycles. The van der Waals surface area contributed by atoms with E-state index in [4.69, 9.17) is 23.2 Å². The molecule has 7 nitrogen and oxygen atoms in total. The summed E-state index contributed by atoms with van der Waals surface area (Å²) in [5, 5.41) is 3.25. The fourth-order valence-electron chi connectivity index (χ4n) is 3.87. The van der Waals surface area contributed by atoms with Gasteiger partial charge in [0, 0.05) is 27.1 Å². The van der Waals surface area contributed by atoms with Crippen LogP contribution in [0.15, 0.2) is 76.1 Å². The molecule has 3 aromatic carbocycles. The number of hydrogen-bond acceptors (Lipinski definition) is 4. The normalized spacial score (nSPS) is 12.2. The minimum absolute atomic E-state index is 0.00105. The van der Waals surface area contributed by atoms with Crippen molar-refractivity contribution in [1.82, 2.24) is 10.2 Å². The third kappa shape index (κ3) is 8.20. The number of halogens is 3. The number of aryl methyl sites for hydroxylation is 1. The van der Waals surface area contributed by atoms with E-state index in [2.05, 4.69) is 21.2 Å². The summed E-state index contributed by atoms with van der Waals surface area (Å²) in [5.41, 5.74) is 1.77. The van der Waals surface area contributed by atoms with Crippen molar-refractivity contribution in [3.8, 4) is 0 Å². The van der Waals surface area contributed by atoms with Gasteiger partial charge in [0.25, 0.3) is 10.0 Å². The van der Waals surface area contributed by atoms with Crippen molar-refractivity contribution >= 4 is 66.7 Å². The second-order valence-corrected chi connectivity index (χ2v) is 13.1. The van der Waals surface area contributed by atoms with Gasteiger partial charge >= 0.3 is 0 Å². The SMILES string of the molecule is Cc1ccc(S(=O)(=O)N(CC(=O)N(Cc2cccc(Br)c2)[C@@H](C)C(=O)NC(C)C)c2cc(Cl)cc(Cl)c2)cc1. The van der Waals surface area contributed by atoms with E-state index in [1.54, 1.807) is 19.1 Å². The summed E-state index contributed by atoms with van der Waals surface area (Å²) >= 11 is 15.9. The van der Waals surface area contributed by atoms with Crippen LogP contribution < -0.4 is 9.62 Å². The Kier molecular flexibility index (Phi) is 10.5. The van der Waals surface area contributed by atoms with Crippen LogP contribution in [-0.4, -0.2) is 43.8 Å². The Morgan fingerprint density at radius 2 is 1.56 bits per heavy atom. The lowest BCUT2D eigenvalue weighted by Crippen LogP contribution is -2.52. The first-order valence-electron chi connectivity index (χ1n) is 12.2. The van der Waals surface area contributed by atoms with E-state index >= 15 is 0 Å². The zero-order valence-electron chi connectivity index (χ0n) is 22.0. The van der Waals surface area contributed by atoms with E-state index in [1.807, 2.05) is 45.0 Å². The minimum atomic E-state index is -4.22. The number of sulfonamides is 1. The van der Waals surface area contributed by atoms with Crippen LogP contribution in [0.3, 0.4) is 0 Å². The van der Waals surface area contributed by atoms with E-state index in [9.17, 15) is 18.0 Å². The number of carbonyl (C=O) groups is 2. The minimum Gasteiger partial charge on any atom is -0.352 e. The van der Waals surface area contributed by atoms with E-state index in [0.29, 0.717) is 0 Å². The van der Waals surface area contributed by atoms with E-state index in [1.165, 1.54) is 35.2 Å². The topological polar surface area (TPSA) is 86.8 Å². The summed E-state index contributed by atoms with van der Waals surface area (Å²) in [6.45, 7) is 6.61. The Morgan fingerprint density at radius 3 is 2.13 bits per heavy atom. The Morgan fingerprint density at radius 1 is 0.949 bits per heavy atom. The Bertz CT molecular complexity index is 1430. The van der Waals surface area contributed by atoms with E-state index in [0.717, 1.165) is 19.9 Å². The Labute approximate surface area is 248 Å². The first-order chi connectivity index (χ1) is 18.3. The number of carbonyl (C=O) groups excluding carboxylic acids is 2. The molecule has 0 spiro atoms. The van der Waals surface area contributed by atoms with Crippen molar-refractivity contribution < 1.29 is 18.0 Å². The van der Waals surface area contributed by atoms with Crippen LogP contribution in [0.2, 0.25) is 10.0 Å². The lowest BCUT2D eigenvalue weighted by atomic mass is 10.1. The maximum absolute atomic E-state index is 13.9. The second kappa shape index (κ2) is 13.2. The number of hydrogen-bond donors (Lipinski definition) is 1. The number of benzene rings is 3. The molecule has 0 radical (unpaired) electrons. The standard InChI is InChI=1S/C28H30BrCl2N3O4S/c1-18(2)32-28(36)20(4)33(16-21-6-5-7-22(29)12-21)27(35)17-34(25-14-23(30)13-24(31)15-25)39(37,38)26-10-8-19(3)9-11-26/h5-15,18,20H,16-17H2,1-4H3,(H,32,36)/t20-/m0/s1. The fraction of sp³-hybridized carbons (Fsp3) is 0.286. The molecule has 1 N–H and O–H groups in total. The van der Waals surface area contributed by atoms with Crippen molar-refractivity contribution in [3.63, 3.8) is 0 Å². The average Bonchev–Trinajstić information content (AvgIpc) is 2.84. The van der Waals surface area contributed by atoms with Crippen LogP contribution in [0.5, 0.6) is 0 Å². The smallest absolute Gasteiger partial charge is 0.264 e. The third-order valence-corrected chi connectivity index (χ3v) is 8.58. The molecule has 208 valence electrons. The zero-order valence-corrected chi connectivity index (χ0v) is 25.9. The van der Waals surface area contributed by atoms with Gasteiger partial charge in [-0.3, -0.25) is 13.9 Å². The average molecular weight is 655 g/mol. The van der Waals surface area contributed by atoms with Crippen molar-refractivity contribution in [1.29, 1.82) is 0 Å². The first-order valence-corrected chi connectivity index (χ1v) is 15.2. The highest BCUT2D eigenvalue weighted by Gasteiger charge is 2.33. The summed E-state index contributed by atoms with van der Waals surface area (Å²) in [7, 11) is -4.22. The summed E-state index contributed by atoms with van der Waals surface area (Å²) in [5.74, 6) is -0.930. The second-order valence-electron chi connectivity index (χ2n) is 9.44. The summed E-state index contributed by atoms with van der Waals surface area (Å²) in [4.78, 5) is 28.2. The van der Waals surface area contributed by atoms with Gasteiger partial charge in [-0.15, -0.1) is 0 Å². The molecule has 0 aliphatic carbocycles. The molecular formula is C28H30BrCl2N3O4S. The predicted molar refractivity (Wildman–Crippen MR) is 160 cm³/mol. The fourth-order valence-corrected chi connectivity index (χ4v) is 6.23. The van der Waals surface area contributed by atoms with Crippen LogP contribution >= 0.6 is 39.1 Å². The lowest BCUT2D eigenvalue weighted by Gasteiger charge is -2.32. The molecule has 1 atom stereocenters. The summed E-state index contributed by atoms with van der Waals surface area (Å²) < 4.78 is 29.5. The molecule has 0 bridgehead atoms. The lowest BCUT2D eigenvalue weighted by molar-refractivity contribution is -0.139. The number of nitrogens with one attached hydrogen (secondary N) is 1. The third-order valence-electron chi connectivity index (χ3n) is 5.86. The number of amides is 2. The van der Waals surface area contributed by atoms with Gasteiger partial charge in [-0.05, 0) is 75.7 Å². The van der Waals surface area contributed by atoms with Gasteiger partial charge in [-0.25, -0.2) is 8.42 Å². The highest BCUT2D eigenvalue weighted by molar-refractivity contribution is 9.10. The number of rotatable bonds is 10. The molecule has 0 unspecified atom stereocenters. The van der Waals surface area contributed by atoms with Crippen LogP contribution in [0.25, 0.3) is 0 Å². The van der Waals surface area contributed by atoms with Crippen LogP contribution in [0.1, 0.15) is 31.9 Å². The molecule has 0 fully saturated rings. The highest BCUT2D eigenvalue weighted by Crippen LogP contribution is 2.30. The van der Waals surface area contributed by atoms with Gasteiger partial charge in [0.2, 0.25) is 11.8 Å². The largest absolute Gasteiger partial charge is 0.352 e. The summed E-state index contributed by atoms with van der Waals surface area (Å²) in [6, 6.07) is 17.0. The number of nitrogens with zero attached hydrogens (tertiary/aromatic N) is 2. The molecule has 0 aromatic heterocycles. The molecule has 0 heterocycles. The molecule has 3 aromatic rings.